The van der Waals surface area contributed by atoms with E-state index in [4.69, 9.17) is 5.73 Å². The number of hydrogen-bond donors (Lipinski definition) is 3. The summed E-state index contributed by atoms with van der Waals surface area (Å²) in [6.45, 7) is 0. The Bertz CT molecular complexity index is 575. The molecule has 4 nitrogen and oxygen atoms in total. The average molecular weight is 260 g/mol. The molecule has 1 aromatic carbocycles. The second-order valence-corrected chi connectivity index (χ2v) is 3.73. The van der Waals surface area contributed by atoms with Gasteiger partial charge in [0, 0.05) is 5.39 Å². The predicted octanol–water partition coefficient (Wildman–Crippen LogP) is 2.24. The number of nitrogens with zero attached hydrogens (tertiary/aromatic N) is 1. The third-order valence-electron chi connectivity index (χ3n) is 2.15. The van der Waals surface area contributed by atoms with E-state index in [1.165, 1.54) is 12.1 Å². The first-order valence-electron chi connectivity index (χ1n) is 4.50. The van der Waals surface area contributed by atoms with Crippen molar-refractivity contribution in [3.8, 4) is 0 Å². The summed E-state index contributed by atoms with van der Waals surface area (Å²) in [6.07, 6.45) is -4.44. The smallest absolute Gasteiger partial charge is 0.376 e. The third kappa shape index (κ3) is 2.16. The molecule has 1 heterocycles. The quantitative estimate of drug-likeness (QED) is 0.688. The zero-order valence-corrected chi connectivity index (χ0v) is 9.12. The largest absolute Gasteiger partial charge is 0.418 e. The van der Waals surface area contributed by atoms with Crippen molar-refractivity contribution >= 4 is 34.1 Å². The van der Waals surface area contributed by atoms with Crippen LogP contribution in [0.4, 0.5) is 19.0 Å². The topological polar surface area (TPSA) is 66.7 Å². The molecule has 8 heteroatoms. The van der Waals surface area contributed by atoms with Crippen molar-refractivity contribution in [3.05, 3.63) is 23.8 Å². The molecule has 0 spiro atoms. The van der Waals surface area contributed by atoms with Gasteiger partial charge in [0.25, 0.3) is 0 Å². The summed E-state index contributed by atoms with van der Waals surface area (Å²) >= 11 is 4.60. The van der Waals surface area contributed by atoms with Gasteiger partial charge in [0.2, 0.25) is 0 Å². The van der Waals surface area contributed by atoms with Crippen LogP contribution in [0.2, 0.25) is 0 Å². The second kappa shape index (κ2) is 3.88. The highest BCUT2D eigenvalue weighted by Crippen LogP contribution is 2.35. The molecule has 0 radical (unpaired) electrons. The summed E-state index contributed by atoms with van der Waals surface area (Å²) < 4.78 is 38.0. The summed E-state index contributed by atoms with van der Waals surface area (Å²) in [7, 11) is 0. The van der Waals surface area contributed by atoms with Gasteiger partial charge >= 0.3 is 6.18 Å². The zero-order chi connectivity index (χ0) is 12.6. The number of benzene rings is 1. The normalized spacial score (nSPS) is 11.7. The number of thiocarbonyl (C=S) groups is 1. The molecule has 0 amide bonds. The Labute approximate surface area is 99.0 Å². The van der Waals surface area contributed by atoms with Crippen LogP contribution in [0.5, 0.6) is 0 Å². The molecule has 2 aromatic rings. The fraction of sp³-hybridized carbons (Fsp3) is 0.111. The van der Waals surface area contributed by atoms with Gasteiger partial charge in [-0.2, -0.15) is 18.3 Å². The molecule has 0 aliphatic heterocycles. The van der Waals surface area contributed by atoms with Crippen molar-refractivity contribution in [2.75, 3.05) is 5.32 Å². The highest BCUT2D eigenvalue weighted by atomic mass is 32.1. The number of rotatable bonds is 1. The van der Waals surface area contributed by atoms with Crippen LogP contribution in [0.15, 0.2) is 18.2 Å². The van der Waals surface area contributed by atoms with Gasteiger partial charge in [0.15, 0.2) is 10.9 Å². The average Bonchev–Trinajstić information content (AvgIpc) is 2.59. The number of nitrogens with one attached hydrogen (secondary N) is 2. The van der Waals surface area contributed by atoms with Crippen LogP contribution >= 0.6 is 12.2 Å². The van der Waals surface area contributed by atoms with E-state index < -0.39 is 11.7 Å². The van der Waals surface area contributed by atoms with Gasteiger partial charge in [0.05, 0.1) is 11.1 Å². The number of alkyl halides is 3. The first-order valence-corrected chi connectivity index (χ1v) is 4.91. The van der Waals surface area contributed by atoms with Crippen LogP contribution < -0.4 is 11.1 Å². The Morgan fingerprint density at radius 3 is 2.71 bits per heavy atom. The summed E-state index contributed by atoms with van der Waals surface area (Å²) in [5, 5.41) is 8.76. The van der Waals surface area contributed by atoms with Crippen LogP contribution in [-0.2, 0) is 6.18 Å². The Hall–Kier alpha value is -1.83. The summed E-state index contributed by atoms with van der Waals surface area (Å²) in [5.41, 5.74) is 4.37. The van der Waals surface area contributed by atoms with E-state index in [-0.39, 0.29) is 21.8 Å². The molecule has 0 saturated heterocycles. The number of fused-ring (bicyclic) bond motifs is 1. The highest BCUT2D eigenvalue weighted by molar-refractivity contribution is 7.80. The maximum Gasteiger partial charge on any atom is 0.418 e. The van der Waals surface area contributed by atoms with Gasteiger partial charge < -0.3 is 11.1 Å². The summed E-state index contributed by atoms with van der Waals surface area (Å²) in [6, 6.07) is 3.77. The third-order valence-corrected chi connectivity index (χ3v) is 2.25. The molecule has 90 valence electrons. The molecule has 4 N–H and O–H groups in total. The molecule has 1 aromatic heterocycles. The van der Waals surface area contributed by atoms with Crippen LogP contribution in [0.1, 0.15) is 5.56 Å². The molecule has 0 aliphatic carbocycles. The molecule has 0 aliphatic rings. The minimum Gasteiger partial charge on any atom is -0.376 e. The van der Waals surface area contributed by atoms with E-state index in [9.17, 15) is 13.2 Å². The van der Waals surface area contributed by atoms with E-state index in [0.29, 0.717) is 0 Å². The molecular weight excluding hydrogens is 253 g/mol. The number of para-hydroxylation sites is 1. The van der Waals surface area contributed by atoms with Gasteiger partial charge in [-0.3, -0.25) is 5.10 Å². The van der Waals surface area contributed by atoms with Crippen molar-refractivity contribution in [1.82, 2.24) is 10.2 Å². The van der Waals surface area contributed by atoms with Crippen LogP contribution in [0.3, 0.4) is 0 Å². The number of aromatic amines is 1. The number of nitrogens with two attached hydrogens (primary N) is 1. The maximum absolute atomic E-state index is 12.7. The summed E-state index contributed by atoms with van der Waals surface area (Å²) in [5.74, 6) is 0.179. The fourth-order valence-electron chi connectivity index (χ4n) is 1.49. The van der Waals surface area contributed by atoms with E-state index in [0.717, 1.165) is 6.07 Å². The molecule has 0 bridgehead atoms. The van der Waals surface area contributed by atoms with E-state index in [1.54, 1.807) is 0 Å². The lowest BCUT2D eigenvalue weighted by Gasteiger charge is -2.07. The van der Waals surface area contributed by atoms with Gasteiger partial charge in [-0.05, 0) is 24.4 Å². The minimum atomic E-state index is -4.44. The van der Waals surface area contributed by atoms with E-state index in [2.05, 4.69) is 27.7 Å². The van der Waals surface area contributed by atoms with Crippen molar-refractivity contribution in [1.29, 1.82) is 0 Å². The molecule has 0 atom stereocenters. The van der Waals surface area contributed by atoms with E-state index >= 15 is 0 Å². The first kappa shape index (κ1) is 11.6. The van der Waals surface area contributed by atoms with Gasteiger partial charge in [-0.15, -0.1) is 0 Å². The van der Waals surface area contributed by atoms with Crippen LogP contribution in [0, 0.1) is 0 Å². The summed E-state index contributed by atoms with van der Waals surface area (Å²) in [4.78, 5) is 0. The lowest BCUT2D eigenvalue weighted by molar-refractivity contribution is -0.136. The molecule has 17 heavy (non-hydrogen) atoms. The fourth-order valence-corrected chi connectivity index (χ4v) is 1.59. The molecule has 0 fully saturated rings. The zero-order valence-electron chi connectivity index (χ0n) is 8.30. The first-order chi connectivity index (χ1) is 7.89. The number of H-pyrrole nitrogens is 1. The second-order valence-electron chi connectivity index (χ2n) is 3.29. The molecule has 2 rings (SSSR count). The maximum atomic E-state index is 12.7. The van der Waals surface area contributed by atoms with Gasteiger partial charge in [-0.25, -0.2) is 0 Å². The lowest BCUT2D eigenvalue weighted by Crippen LogP contribution is -2.19. The Morgan fingerprint density at radius 2 is 2.12 bits per heavy atom. The highest BCUT2D eigenvalue weighted by Gasteiger charge is 2.33. The van der Waals surface area contributed by atoms with Crippen molar-refractivity contribution in [2.45, 2.75) is 6.18 Å². The number of halogens is 3. The van der Waals surface area contributed by atoms with Crippen molar-refractivity contribution in [3.63, 3.8) is 0 Å². The SMILES string of the molecule is NC(=S)Nc1n[nH]c2c(C(F)(F)F)cccc12. The monoisotopic (exact) mass is 260 g/mol. The Morgan fingerprint density at radius 1 is 1.41 bits per heavy atom. The standard InChI is InChI=1S/C9H7F3N4S/c10-9(11,12)5-3-1-2-4-6(5)15-16-7(4)14-8(13)17/h1-3H,(H4,13,14,15,16,17). The van der Waals surface area contributed by atoms with Crippen molar-refractivity contribution in [2.24, 2.45) is 5.73 Å². The molecule has 0 unspecified atom stereocenters. The minimum absolute atomic E-state index is 0.0594. The van der Waals surface area contributed by atoms with Crippen LogP contribution in [-0.4, -0.2) is 15.3 Å². The van der Waals surface area contributed by atoms with E-state index in [1.807, 2.05) is 0 Å². The van der Waals surface area contributed by atoms with Gasteiger partial charge in [0.1, 0.15) is 0 Å². The lowest BCUT2D eigenvalue weighted by atomic mass is 10.1. The molecular formula is C9H7F3N4S. The molecule has 0 saturated carbocycles. The predicted molar refractivity (Wildman–Crippen MR) is 61.5 cm³/mol. The number of anilines is 1. The number of hydrogen-bond acceptors (Lipinski definition) is 2. The van der Waals surface area contributed by atoms with Crippen LogP contribution in [0.25, 0.3) is 10.9 Å². The van der Waals surface area contributed by atoms with Gasteiger partial charge in [-0.1, -0.05) is 6.07 Å². The Kier molecular flexibility index (Phi) is 2.66. The Balaban J connectivity index is 2.61. The number of aromatic nitrogens is 2. The van der Waals surface area contributed by atoms with Crippen molar-refractivity contribution < 1.29 is 13.2 Å².